The Labute approximate surface area is 171 Å². The van der Waals surface area contributed by atoms with Gasteiger partial charge in [0.25, 0.3) is 0 Å². The number of nitrogens with one attached hydrogen (secondary N) is 1. The van der Waals surface area contributed by atoms with Gasteiger partial charge in [-0.3, -0.25) is 0 Å². The molecule has 0 fully saturated rings. The summed E-state index contributed by atoms with van der Waals surface area (Å²) in [4.78, 5) is 12.3. The Morgan fingerprint density at radius 2 is 1.55 bits per heavy atom. The van der Waals surface area contributed by atoms with Crippen molar-refractivity contribution in [3.05, 3.63) is 89.5 Å². The van der Waals surface area contributed by atoms with Crippen molar-refractivity contribution in [3.8, 4) is 16.9 Å². The van der Waals surface area contributed by atoms with Crippen LogP contribution in [0.3, 0.4) is 0 Å². The van der Waals surface area contributed by atoms with Crippen LogP contribution in [0.2, 0.25) is 0 Å². The third-order valence-electron chi connectivity index (χ3n) is 5.51. The van der Waals surface area contributed by atoms with Gasteiger partial charge in [-0.1, -0.05) is 60.7 Å². The highest BCUT2D eigenvalue weighted by Gasteiger charge is 2.29. The van der Waals surface area contributed by atoms with Gasteiger partial charge in [-0.2, -0.15) is 0 Å². The molecule has 1 aliphatic carbocycles. The van der Waals surface area contributed by atoms with E-state index in [4.69, 9.17) is 4.74 Å². The zero-order valence-corrected chi connectivity index (χ0v) is 16.5. The van der Waals surface area contributed by atoms with Crippen molar-refractivity contribution in [2.75, 3.05) is 6.61 Å². The molecular weight excluding hydrogens is 362 g/mol. The summed E-state index contributed by atoms with van der Waals surface area (Å²) in [5.74, 6) is 0.332. The number of aryl methyl sites for hydroxylation is 1. The van der Waals surface area contributed by atoms with Gasteiger partial charge < -0.3 is 15.2 Å². The van der Waals surface area contributed by atoms with Gasteiger partial charge in [-0.25, -0.2) is 4.79 Å². The lowest BCUT2D eigenvalue weighted by molar-refractivity contribution is 0.139. The minimum Gasteiger partial charge on any atom is -0.508 e. The predicted octanol–water partition coefficient (Wildman–Crippen LogP) is 5.25. The first-order valence-electron chi connectivity index (χ1n) is 10.0. The molecule has 4 nitrogen and oxygen atoms in total. The van der Waals surface area contributed by atoms with Gasteiger partial charge >= 0.3 is 6.09 Å². The lowest BCUT2D eigenvalue weighted by atomic mass is 9.98. The van der Waals surface area contributed by atoms with Crippen LogP contribution in [0.25, 0.3) is 11.1 Å². The first-order valence-corrected chi connectivity index (χ1v) is 10.0. The number of carbonyl (C=O) groups is 1. The van der Waals surface area contributed by atoms with Crippen molar-refractivity contribution in [2.24, 2.45) is 0 Å². The van der Waals surface area contributed by atoms with Crippen molar-refractivity contribution in [1.82, 2.24) is 5.32 Å². The lowest BCUT2D eigenvalue weighted by Crippen LogP contribution is -2.34. The Bertz CT molecular complexity index is 951. The summed E-state index contributed by atoms with van der Waals surface area (Å²) in [5, 5.41) is 12.3. The van der Waals surface area contributed by atoms with Crippen LogP contribution in [0, 0.1) is 0 Å². The van der Waals surface area contributed by atoms with Gasteiger partial charge in [0.1, 0.15) is 12.4 Å². The van der Waals surface area contributed by atoms with E-state index in [9.17, 15) is 9.90 Å². The zero-order valence-electron chi connectivity index (χ0n) is 16.5. The third-order valence-corrected chi connectivity index (χ3v) is 5.51. The molecule has 3 aromatic carbocycles. The summed E-state index contributed by atoms with van der Waals surface area (Å²) in [6.07, 6.45) is 1.24. The maximum atomic E-state index is 12.3. The Balaban J connectivity index is 1.32. The number of benzene rings is 3. The molecule has 148 valence electrons. The molecule has 29 heavy (non-hydrogen) atoms. The molecule has 0 aromatic heterocycles. The lowest BCUT2D eigenvalue weighted by Gasteiger charge is -2.17. The molecule has 0 spiro atoms. The van der Waals surface area contributed by atoms with Gasteiger partial charge in [0, 0.05) is 12.0 Å². The fourth-order valence-electron chi connectivity index (χ4n) is 3.96. The maximum Gasteiger partial charge on any atom is 0.407 e. The second-order valence-electron chi connectivity index (χ2n) is 7.58. The number of amides is 1. The number of phenolic OH excluding ortho intramolecular Hbond substituents is 1. The average molecular weight is 387 g/mol. The van der Waals surface area contributed by atoms with Gasteiger partial charge in [0.2, 0.25) is 0 Å². The van der Waals surface area contributed by atoms with E-state index in [0.29, 0.717) is 6.61 Å². The summed E-state index contributed by atoms with van der Waals surface area (Å²) in [6, 6.07) is 23.8. The fraction of sp³-hybridized carbons (Fsp3) is 0.240. The second-order valence-corrected chi connectivity index (χ2v) is 7.58. The molecular formula is C25H25NO3. The summed E-state index contributed by atoms with van der Waals surface area (Å²) >= 11 is 0. The molecule has 4 rings (SSSR count). The average Bonchev–Trinajstić information content (AvgIpc) is 3.06. The number of carbonyl (C=O) groups excluding carboxylic acids is 1. The molecule has 0 aliphatic heterocycles. The van der Waals surface area contributed by atoms with Crippen LogP contribution in [-0.2, 0) is 11.2 Å². The van der Waals surface area contributed by atoms with E-state index in [2.05, 4.69) is 29.6 Å². The number of hydrogen-bond acceptors (Lipinski definition) is 3. The van der Waals surface area contributed by atoms with Crippen LogP contribution < -0.4 is 5.32 Å². The van der Waals surface area contributed by atoms with Gasteiger partial charge in [0.15, 0.2) is 0 Å². The standard InChI is InChI=1S/C25H25NO3/c1-17(10-11-18-12-14-19(27)15-13-18)26-25(28)29-16-24-22-8-4-2-6-20(22)21-7-3-5-9-23(21)24/h2-9,12-15,17,24,27H,10-11,16H2,1H3,(H,26,28). The maximum absolute atomic E-state index is 12.3. The number of fused-ring (bicyclic) bond motifs is 3. The van der Waals surface area contributed by atoms with Crippen LogP contribution in [0.4, 0.5) is 4.79 Å². The van der Waals surface area contributed by atoms with E-state index in [1.165, 1.54) is 22.3 Å². The van der Waals surface area contributed by atoms with Crippen LogP contribution in [0.5, 0.6) is 5.75 Å². The van der Waals surface area contributed by atoms with Gasteiger partial charge in [-0.15, -0.1) is 0 Å². The van der Waals surface area contributed by atoms with Crippen molar-refractivity contribution in [1.29, 1.82) is 0 Å². The van der Waals surface area contributed by atoms with Crippen LogP contribution >= 0.6 is 0 Å². The van der Waals surface area contributed by atoms with Crippen molar-refractivity contribution in [3.63, 3.8) is 0 Å². The van der Waals surface area contributed by atoms with Gasteiger partial charge in [0.05, 0.1) is 0 Å². The molecule has 0 heterocycles. The molecule has 0 saturated heterocycles. The second kappa shape index (κ2) is 8.39. The summed E-state index contributed by atoms with van der Waals surface area (Å²) in [6.45, 7) is 2.30. The molecule has 3 aromatic rings. The Kier molecular flexibility index (Phi) is 5.52. The first kappa shape index (κ1) is 19.1. The summed E-state index contributed by atoms with van der Waals surface area (Å²) in [7, 11) is 0. The quantitative estimate of drug-likeness (QED) is 0.607. The Morgan fingerprint density at radius 1 is 0.966 bits per heavy atom. The highest BCUT2D eigenvalue weighted by molar-refractivity contribution is 5.79. The monoisotopic (exact) mass is 387 g/mol. The highest BCUT2D eigenvalue weighted by Crippen LogP contribution is 2.44. The topological polar surface area (TPSA) is 58.6 Å². The van der Waals surface area contributed by atoms with Crippen molar-refractivity contribution < 1.29 is 14.6 Å². The minimum atomic E-state index is -0.384. The van der Waals surface area contributed by atoms with E-state index in [1.54, 1.807) is 12.1 Å². The van der Waals surface area contributed by atoms with E-state index >= 15 is 0 Å². The number of rotatable bonds is 6. The summed E-state index contributed by atoms with van der Waals surface area (Å²) in [5.41, 5.74) is 5.99. The van der Waals surface area contributed by atoms with E-state index in [1.807, 2.05) is 43.3 Å². The molecule has 4 heteroatoms. The number of alkyl carbamates (subject to hydrolysis) is 1. The number of phenols is 1. The number of hydrogen-bond donors (Lipinski definition) is 2. The Morgan fingerprint density at radius 3 is 2.17 bits per heavy atom. The summed E-state index contributed by atoms with van der Waals surface area (Å²) < 4.78 is 5.59. The molecule has 1 aliphatic rings. The van der Waals surface area contributed by atoms with E-state index in [-0.39, 0.29) is 23.8 Å². The fourth-order valence-corrected chi connectivity index (χ4v) is 3.96. The molecule has 1 unspecified atom stereocenters. The van der Waals surface area contributed by atoms with Crippen molar-refractivity contribution in [2.45, 2.75) is 31.7 Å². The molecule has 0 radical (unpaired) electrons. The zero-order chi connectivity index (χ0) is 20.2. The largest absolute Gasteiger partial charge is 0.508 e. The smallest absolute Gasteiger partial charge is 0.407 e. The van der Waals surface area contributed by atoms with Crippen molar-refractivity contribution >= 4 is 6.09 Å². The van der Waals surface area contributed by atoms with Crippen LogP contribution in [-0.4, -0.2) is 23.8 Å². The third kappa shape index (κ3) is 4.27. The predicted molar refractivity (Wildman–Crippen MR) is 114 cm³/mol. The SMILES string of the molecule is CC(CCc1ccc(O)cc1)NC(=O)OCC1c2ccccc2-c2ccccc21. The van der Waals surface area contributed by atoms with E-state index < -0.39 is 0 Å². The molecule has 0 saturated carbocycles. The Hall–Kier alpha value is -3.27. The first-order chi connectivity index (χ1) is 14.1. The normalized spacial score (nSPS) is 13.4. The molecule has 1 atom stereocenters. The molecule has 1 amide bonds. The van der Waals surface area contributed by atoms with E-state index in [0.717, 1.165) is 18.4 Å². The number of ether oxygens (including phenoxy) is 1. The van der Waals surface area contributed by atoms with Gasteiger partial charge in [-0.05, 0) is 59.7 Å². The highest BCUT2D eigenvalue weighted by atomic mass is 16.5. The molecule has 2 N–H and O–H groups in total. The van der Waals surface area contributed by atoms with Crippen LogP contribution in [0.1, 0.15) is 36.0 Å². The minimum absolute atomic E-state index is 0.000506. The molecule has 0 bridgehead atoms. The van der Waals surface area contributed by atoms with Crippen LogP contribution in [0.15, 0.2) is 72.8 Å². The number of aromatic hydroxyl groups is 1.